The van der Waals surface area contributed by atoms with Crippen molar-refractivity contribution in [3.8, 4) is 0 Å². The monoisotopic (exact) mass is 260 g/mol. The summed E-state index contributed by atoms with van der Waals surface area (Å²) in [5.41, 5.74) is 0. The van der Waals surface area contributed by atoms with Crippen LogP contribution in [0.5, 0.6) is 0 Å². The second kappa shape index (κ2) is 8.34. The fourth-order valence-corrected chi connectivity index (χ4v) is 3.34. The summed E-state index contributed by atoms with van der Waals surface area (Å²) >= 11 is 0. The van der Waals surface area contributed by atoms with E-state index in [0.717, 1.165) is 12.0 Å². The molecule has 2 aliphatic rings. The molecule has 1 saturated carbocycles. The maximum absolute atomic E-state index is 3.43. The lowest BCUT2D eigenvalue weighted by Gasteiger charge is -2.34. The van der Waals surface area contributed by atoms with Crippen molar-refractivity contribution in [2.24, 2.45) is 5.92 Å². The first-order chi connectivity index (χ1) is 7.88. The Morgan fingerprint density at radius 2 is 1.82 bits per heavy atom. The van der Waals surface area contributed by atoms with E-state index in [2.05, 4.69) is 17.3 Å². The maximum Gasteiger partial charge on any atom is 0.0192 e. The fourth-order valence-electron chi connectivity index (χ4n) is 3.34. The predicted molar refractivity (Wildman–Crippen MR) is 77.0 cm³/mol. The van der Waals surface area contributed by atoms with Crippen LogP contribution in [-0.2, 0) is 0 Å². The summed E-state index contributed by atoms with van der Waals surface area (Å²) in [6.07, 6.45) is 11.7. The third kappa shape index (κ3) is 5.15. The van der Waals surface area contributed by atoms with Crippen molar-refractivity contribution in [2.75, 3.05) is 26.7 Å². The zero-order chi connectivity index (χ0) is 11.2. The molecular formula is C14H29ClN2. The van der Waals surface area contributed by atoms with Gasteiger partial charge in [0.05, 0.1) is 0 Å². The average molecular weight is 261 g/mol. The molecule has 0 aromatic carbocycles. The summed E-state index contributed by atoms with van der Waals surface area (Å²) in [5.74, 6) is 1.05. The van der Waals surface area contributed by atoms with E-state index in [4.69, 9.17) is 0 Å². The van der Waals surface area contributed by atoms with Crippen molar-refractivity contribution in [1.82, 2.24) is 10.2 Å². The third-order valence-corrected chi connectivity index (χ3v) is 4.49. The summed E-state index contributed by atoms with van der Waals surface area (Å²) < 4.78 is 0. The standard InChI is InChI=1S/C14H28N2.ClH/c1-15-14-8-5-10-16(12-14)11-9-13-6-3-2-4-7-13;/h13-15H,2-12H2,1H3;1H. The molecule has 102 valence electrons. The molecule has 1 saturated heterocycles. The van der Waals surface area contributed by atoms with Gasteiger partial charge in [-0.2, -0.15) is 0 Å². The number of nitrogens with zero attached hydrogens (tertiary/aromatic N) is 1. The highest BCUT2D eigenvalue weighted by molar-refractivity contribution is 5.85. The number of hydrogen-bond donors (Lipinski definition) is 1. The molecule has 0 spiro atoms. The van der Waals surface area contributed by atoms with Crippen molar-refractivity contribution >= 4 is 12.4 Å². The van der Waals surface area contributed by atoms with Crippen LogP contribution in [0, 0.1) is 5.92 Å². The molecule has 0 aromatic rings. The second-order valence-electron chi connectivity index (χ2n) is 5.72. The molecule has 1 heterocycles. The van der Waals surface area contributed by atoms with Crippen molar-refractivity contribution in [3.05, 3.63) is 0 Å². The number of piperidine rings is 1. The molecule has 1 N–H and O–H groups in total. The van der Waals surface area contributed by atoms with Gasteiger partial charge in [0.1, 0.15) is 0 Å². The molecule has 1 atom stereocenters. The maximum atomic E-state index is 3.43. The lowest BCUT2D eigenvalue weighted by Crippen LogP contribution is -2.44. The first-order valence-electron chi connectivity index (χ1n) is 7.28. The lowest BCUT2D eigenvalue weighted by atomic mass is 9.87. The van der Waals surface area contributed by atoms with Gasteiger partial charge in [0.25, 0.3) is 0 Å². The van der Waals surface area contributed by atoms with Crippen LogP contribution >= 0.6 is 12.4 Å². The summed E-state index contributed by atoms with van der Waals surface area (Å²) in [7, 11) is 2.11. The van der Waals surface area contributed by atoms with Crippen LogP contribution < -0.4 is 5.32 Å². The second-order valence-corrected chi connectivity index (χ2v) is 5.72. The van der Waals surface area contributed by atoms with Crippen LogP contribution in [-0.4, -0.2) is 37.6 Å². The van der Waals surface area contributed by atoms with Gasteiger partial charge in [-0.25, -0.2) is 0 Å². The lowest BCUT2D eigenvalue weighted by molar-refractivity contribution is 0.176. The Morgan fingerprint density at radius 3 is 2.53 bits per heavy atom. The highest BCUT2D eigenvalue weighted by atomic mass is 35.5. The van der Waals surface area contributed by atoms with Gasteiger partial charge in [0.2, 0.25) is 0 Å². The predicted octanol–water partition coefficient (Wildman–Crippen LogP) is 3.06. The topological polar surface area (TPSA) is 15.3 Å². The number of likely N-dealkylation sites (N-methyl/N-ethyl adjacent to an activating group) is 1. The number of likely N-dealkylation sites (tertiary alicyclic amines) is 1. The van der Waals surface area contributed by atoms with E-state index >= 15 is 0 Å². The van der Waals surface area contributed by atoms with Gasteiger partial charge in [-0.1, -0.05) is 32.1 Å². The molecule has 1 unspecified atom stereocenters. The summed E-state index contributed by atoms with van der Waals surface area (Å²) in [4.78, 5) is 2.68. The summed E-state index contributed by atoms with van der Waals surface area (Å²) in [6, 6.07) is 0.750. The van der Waals surface area contributed by atoms with Gasteiger partial charge in [0.15, 0.2) is 0 Å². The van der Waals surface area contributed by atoms with E-state index in [-0.39, 0.29) is 12.4 Å². The van der Waals surface area contributed by atoms with Crippen LogP contribution in [0.3, 0.4) is 0 Å². The molecule has 0 aromatic heterocycles. The summed E-state index contributed by atoms with van der Waals surface area (Å²) in [6.45, 7) is 3.97. The van der Waals surface area contributed by atoms with E-state index in [1.165, 1.54) is 71.0 Å². The van der Waals surface area contributed by atoms with Crippen LogP contribution in [0.25, 0.3) is 0 Å². The first-order valence-corrected chi connectivity index (χ1v) is 7.28. The Labute approximate surface area is 113 Å². The number of rotatable bonds is 4. The van der Waals surface area contributed by atoms with E-state index in [9.17, 15) is 0 Å². The van der Waals surface area contributed by atoms with Gasteiger partial charge in [0, 0.05) is 12.6 Å². The van der Waals surface area contributed by atoms with E-state index in [0.29, 0.717) is 0 Å². The quantitative estimate of drug-likeness (QED) is 0.836. The smallest absolute Gasteiger partial charge is 0.0192 e. The van der Waals surface area contributed by atoms with Crippen molar-refractivity contribution in [2.45, 2.75) is 57.4 Å². The molecule has 17 heavy (non-hydrogen) atoms. The van der Waals surface area contributed by atoms with Crippen LogP contribution in [0.2, 0.25) is 0 Å². The Hall–Kier alpha value is 0.210. The van der Waals surface area contributed by atoms with E-state index in [1.54, 1.807) is 0 Å². The Bertz CT molecular complexity index is 193. The molecule has 1 aliphatic heterocycles. The minimum Gasteiger partial charge on any atom is -0.316 e. The molecule has 2 rings (SSSR count). The third-order valence-electron chi connectivity index (χ3n) is 4.49. The molecule has 0 radical (unpaired) electrons. The van der Waals surface area contributed by atoms with Gasteiger partial charge in [-0.3, -0.25) is 0 Å². The largest absolute Gasteiger partial charge is 0.316 e. The van der Waals surface area contributed by atoms with Crippen molar-refractivity contribution in [3.63, 3.8) is 0 Å². The molecule has 0 bridgehead atoms. The van der Waals surface area contributed by atoms with Crippen LogP contribution in [0.4, 0.5) is 0 Å². The highest BCUT2D eigenvalue weighted by Crippen LogP contribution is 2.26. The minimum atomic E-state index is 0. The van der Waals surface area contributed by atoms with Gasteiger partial charge in [-0.05, 0) is 45.3 Å². The van der Waals surface area contributed by atoms with Crippen molar-refractivity contribution in [1.29, 1.82) is 0 Å². The minimum absolute atomic E-state index is 0. The average Bonchev–Trinajstić information content (AvgIpc) is 2.38. The molecule has 3 heteroatoms. The van der Waals surface area contributed by atoms with Crippen LogP contribution in [0.15, 0.2) is 0 Å². The van der Waals surface area contributed by atoms with E-state index < -0.39 is 0 Å². The van der Waals surface area contributed by atoms with Gasteiger partial charge >= 0.3 is 0 Å². The highest BCUT2D eigenvalue weighted by Gasteiger charge is 2.20. The number of nitrogens with one attached hydrogen (secondary N) is 1. The van der Waals surface area contributed by atoms with Crippen molar-refractivity contribution < 1.29 is 0 Å². The SMILES string of the molecule is CNC1CCCN(CCC2CCCCC2)C1.Cl. The Kier molecular flexibility index (Phi) is 7.49. The summed E-state index contributed by atoms with van der Waals surface area (Å²) in [5, 5.41) is 3.43. The fraction of sp³-hybridized carbons (Fsp3) is 1.00. The molecule has 2 nitrogen and oxygen atoms in total. The zero-order valence-electron chi connectivity index (χ0n) is 11.3. The molecule has 0 amide bonds. The first kappa shape index (κ1) is 15.3. The van der Waals surface area contributed by atoms with Gasteiger partial charge in [-0.15, -0.1) is 12.4 Å². The van der Waals surface area contributed by atoms with E-state index in [1.807, 2.05) is 0 Å². The Balaban J connectivity index is 0.00000144. The zero-order valence-corrected chi connectivity index (χ0v) is 12.1. The molecule has 2 fully saturated rings. The molecule has 1 aliphatic carbocycles. The number of halogens is 1. The van der Waals surface area contributed by atoms with Gasteiger partial charge < -0.3 is 10.2 Å². The molecular weight excluding hydrogens is 232 g/mol. The normalized spacial score (nSPS) is 27.7. The van der Waals surface area contributed by atoms with Crippen LogP contribution in [0.1, 0.15) is 51.4 Å². The Morgan fingerprint density at radius 1 is 1.06 bits per heavy atom. The number of hydrogen-bond acceptors (Lipinski definition) is 2.